The van der Waals surface area contributed by atoms with Crippen LogP contribution in [0.3, 0.4) is 0 Å². The van der Waals surface area contributed by atoms with Gasteiger partial charge in [0.1, 0.15) is 24.3 Å². The average Bonchev–Trinajstić information content (AvgIpc) is 3.20. The number of rotatable bonds is 6. The molecule has 9 nitrogen and oxygen atoms in total. The molecular weight excluding hydrogens is 489 g/mol. The number of carbonyl (C=O) groups is 1. The van der Waals surface area contributed by atoms with E-state index in [1.165, 1.54) is 41.7 Å². The van der Waals surface area contributed by atoms with Crippen molar-refractivity contribution in [3.05, 3.63) is 59.3 Å². The molecule has 35 heavy (non-hydrogen) atoms. The highest BCUT2D eigenvalue weighted by Gasteiger charge is 2.38. The number of alkyl halides is 3. The molecular formula is C22H20ClF3N6O3. The summed E-state index contributed by atoms with van der Waals surface area (Å²) >= 11 is 5.68. The maximum Gasteiger partial charge on any atom is 0.417 e. The van der Waals surface area contributed by atoms with E-state index in [9.17, 15) is 23.1 Å². The van der Waals surface area contributed by atoms with Gasteiger partial charge in [0.15, 0.2) is 0 Å². The molecule has 1 saturated heterocycles. The van der Waals surface area contributed by atoms with Gasteiger partial charge in [-0.05, 0) is 37.6 Å². The quantitative estimate of drug-likeness (QED) is 0.501. The normalized spacial score (nSPS) is 17.7. The second kappa shape index (κ2) is 9.62. The fourth-order valence-corrected chi connectivity index (χ4v) is 3.72. The summed E-state index contributed by atoms with van der Waals surface area (Å²) < 4.78 is 44.5. The molecule has 1 unspecified atom stereocenters. The zero-order valence-corrected chi connectivity index (χ0v) is 19.2. The molecule has 3 atom stereocenters. The zero-order chi connectivity index (χ0) is 25.3. The number of halogens is 4. The summed E-state index contributed by atoms with van der Waals surface area (Å²) in [5.41, 5.74) is -0.277. The summed E-state index contributed by atoms with van der Waals surface area (Å²) in [6.45, 7) is 3.34. The topological polar surface area (TPSA) is 113 Å². The highest BCUT2D eigenvalue weighted by atomic mass is 35.5. The number of aliphatic hydroxyl groups is 1. The minimum Gasteiger partial charge on any atom is -0.447 e. The molecule has 1 aliphatic rings. The van der Waals surface area contributed by atoms with Crippen LogP contribution < -0.4 is 10.2 Å². The Balaban J connectivity index is 1.50. The monoisotopic (exact) mass is 508 g/mol. The number of nitrogens with one attached hydrogen (secondary N) is 1. The van der Waals surface area contributed by atoms with Crippen molar-refractivity contribution in [3.8, 4) is 11.1 Å². The highest BCUT2D eigenvalue weighted by molar-refractivity contribution is 6.31. The predicted molar refractivity (Wildman–Crippen MR) is 121 cm³/mol. The Kier molecular flexibility index (Phi) is 6.77. The molecule has 1 fully saturated rings. The van der Waals surface area contributed by atoms with E-state index >= 15 is 0 Å². The van der Waals surface area contributed by atoms with Crippen molar-refractivity contribution >= 4 is 29.5 Å². The number of carbonyl (C=O) groups excluding carboxylic acids is 1. The van der Waals surface area contributed by atoms with Gasteiger partial charge in [-0.2, -0.15) is 18.2 Å². The number of anilines is 2. The van der Waals surface area contributed by atoms with E-state index in [-0.39, 0.29) is 29.0 Å². The van der Waals surface area contributed by atoms with Crippen LogP contribution in [0.1, 0.15) is 31.3 Å². The Morgan fingerprint density at radius 3 is 2.54 bits per heavy atom. The van der Waals surface area contributed by atoms with Gasteiger partial charge in [0.25, 0.3) is 0 Å². The number of benzene rings is 1. The Morgan fingerprint density at radius 2 is 1.89 bits per heavy atom. The van der Waals surface area contributed by atoms with Gasteiger partial charge in [0.2, 0.25) is 5.95 Å². The Hall–Kier alpha value is -3.51. The lowest BCUT2D eigenvalue weighted by Crippen LogP contribution is -2.41. The SMILES string of the molecule is C[C@H](Nc1nccc(N2C(=O)OCC2[C@@H](C)O)n1)c1ncc(-c2ccc(Cl)c(C(F)(F)F)c2)cn1. The predicted octanol–water partition coefficient (Wildman–Crippen LogP) is 4.48. The number of hydrogen-bond donors (Lipinski definition) is 2. The Labute approximate surface area is 203 Å². The van der Waals surface area contributed by atoms with Crippen molar-refractivity contribution < 1.29 is 27.8 Å². The van der Waals surface area contributed by atoms with Crippen LogP contribution in [0.4, 0.5) is 29.7 Å². The molecule has 0 saturated carbocycles. The number of hydrogen-bond acceptors (Lipinski definition) is 8. The molecule has 1 aliphatic heterocycles. The van der Waals surface area contributed by atoms with Crippen molar-refractivity contribution in [1.82, 2.24) is 19.9 Å². The molecule has 13 heteroatoms. The number of cyclic esters (lactones) is 1. The van der Waals surface area contributed by atoms with Crippen LogP contribution in [0.2, 0.25) is 5.02 Å². The van der Waals surface area contributed by atoms with Crippen molar-refractivity contribution in [2.75, 3.05) is 16.8 Å². The lowest BCUT2D eigenvalue weighted by molar-refractivity contribution is -0.137. The first-order chi connectivity index (χ1) is 16.5. The largest absolute Gasteiger partial charge is 0.447 e. The molecule has 4 rings (SSSR count). The first-order valence-corrected chi connectivity index (χ1v) is 10.8. The van der Waals surface area contributed by atoms with Gasteiger partial charge in [-0.1, -0.05) is 17.7 Å². The molecule has 184 valence electrons. The maximum atomic E-state index is 13.2. The number of aromatic nitrogens is 4. The fraction of sp³-hybridized carbons (Fsp3) is 0.318. The second-order valence-electron chi connectivity index (χ2n) is 7.88. The molecule has 2 aromatic heterocycles. The van der Waals surface area contributed by atoms with E-state index in [2.05, 4.69) is 25.3 Å². The third-order valence-corrected chi connectivity index (χ3v) is 5.69. The van der Waals surface area contributed by atoms with E-state index in [1.54, 1.807) is 13.8 Å². The van der Waals surface area contributed by atoms with Crippen LogP contribution >= 0.6 is 11.6 Å². The summed E-state index contributed by atoms with van der Waals surface area (Å²) in [4.78, 5) is 30.3. The van der Waals surface area contributed by atoms with Crippen LogP contribution in [0, 0.1) is 0 Å². The van der Waals surface area contributed by atoms with Crippen LogP contribution in [-0.4, -0.2) is 49.9 Å². The number of aliphatic hydroxyl groups excluding tert-OH is 1. The smallest absolute Gasteiger partial charge is 0.417 e. The second-order valence-corrected chi connectivity index (χ2v) is 8.29. The Morgan fingerprint density at radius 1 is 1.17 bits per heavy atom. The van der Waals surface area contributed by atoms with Gasteiger partial charge in [0.05, 0.1) is 22.7 Å². The summed E-state index contributed by atoms with van der Waals surface area (Å²) in [5.74, 6) is 0.775. The Bertz CT molecular complexity index is 1230. The average molecular weight is 509 g/mol. The summed E-state index contributed by atoms with van der Waals surface area (Å²) in [5, 5.41) is 12.6. The molecule has 0 bridgehead atoms. The van der Waals surface area contributed by atoms with Crippen molar-refractivity contribution in [3.63, 3.8) is 0 Å². The first-order valence-electron chi connectivity index (χ1n) is 10.5. The first kappa shape index (κ1) is 24.6. The van der Waals surface area contributed by atoms with E-state index in [1.807, 2.05) is 0 Å². The molecule has 3 aromatic rings. The number of nitrogens with zero attached hydrogens (tertiary/aromatic N) is 5. The number of ether oxygens (including phenoxy) is 1. The van der Waals surface area contributed by atoms with Crippen LogP contribution in [0.15, 0.2) is 42.9 Å². The summed E-state index contributed by atoms with van der Waals surface area (Å²) in [6, 6.07) is 4.05. The molecule has 1 amide bonds. The molecule has 1 aromatic carbocycles. The molecule has 0 radical (unpaired) electrons. The van der Waals surface area contributed by atoms with Gasteiger partial charge >= 0.3 is 12.3 Å². The lowest BCUT2D eigenvalue weighted by Gasteiger charge is -2.23. The van der Waals surface area contributed by atoms with E-state index < -0.39 is 36.0 Å². The molecule has 3 heterocycles. The van der Waals surface area contributed by atoms with E-state index in [0.717, 1.165) is 6.07 Å². The third kappa shape index (κ3) is 5.28. The third-order valence-electron chi connectivity index (χ3n) is 5.36. The van der Waals surface area contributed by atoms with Gasteiger partial charge in [0, 0.05) is 24.2 Å². The van der Waals surface area contributed by atoms with E-state index in [0.29, 0.717) is 11.4 Å². The van der Waals surface area contributed by atoms with Crippen LogP contribution in [0.25, 0.3) is 11.1 Å². The molecule has 0 spiro atoms. The summed E-state index contributed by atoms with van der Waals surface area (Å²) in [7, 11) is 0. The minimum absolute atomic E-state index is 0.0396. The van der Waals surface area contributed by atoms with Gasteiger partial charge in [-0.15, -0.1) is 0 Å². The maximum absolute atomic E-state index is 13.2. The fourth-order valence-electron chi connectivity index (χ4n) is 3.50. The van der Waals surface area contributed by atoms with Gasteiger partial charge in [-0.3, -0.25) is 4.90 Å². The lowest BCUT2D eigenvalue weighted by atomic mass is 10.1. The summed E-state index contributed by atoms with van der Waals surface area (Å²) in [6.07, 6.45) is -1.76. The minimum atomic E-state index is -4.58. The van der Waals surface area contributed by atoms with Gasteiger partial charge in [-0.25, -0.2) is 19.7 Å². The standard InChI is InChI=1S/C22H20ClF3N6O3/c1-11(30-20-27-6-5-18(31-20)32-17(12(2)33)10-35-21(32)34)19-28-8-14(9-29-19)13-3-4-16(23)15(7-13)22(24,25)26/h3-9,11-12,17,33H,10H2,1-2H3,(H,27,30,31)/t11-,12+,17?/m0/s1. The van der Waals surface area contributed by atoms with Crippen LogP contribution in [-0.2, 0) is 10.9 Å². The zero-order valence-electron chi connectivity index (χ0n) is 18.5. The van der Waals surface area contributed by atoms with Crippen molar-refractivity contribution in [2.24, 2.45) is 0 Å². The molecule has 2 N–H and O–H groups in total. The van der Waals surface area contributed by atoms with Gasteiger partial charge < -0.3 is 15.2 Å². The van der Waals surface area contributed by atoms with Crippen molar-refractivity contribution in [2.45, 2.75) is 38.2 Å². The van der Waals surface area contributed by atoms with Crippen LogP contribution in [0.5, 0.6) is 0 Å². The number of amides is 1. The van der Waals surface area contributed by atoms with Crippen molar-refractivity contribution in [1.29, 1.82) is 0 Å². The highest BCUT2D eigenvalue weighted by Crippen LogP contribution is 2.37. The van der Waals surface area contributed by atoms with E-state index in [4.69, 9.17) is 16.3 Å². The molecule has 0 aliphatic carbocycles.